The second-order valence-corrected chi connectivity index (χ2v) is 10.9. The molecule has 4 heterocycles. The van der Waals surface area contributed by atoms with Gasteiger partial charge in [0.25, 0.3) is 5.91 Å². The van der Waals surface area contributed by atoms with Crippen LogP contribution in [0.3, 0.4) is 0 Å². The molecule has 1 fully saturated rings. The van der Waals surface area contributed by atoms with Gasteiger partial charge in [0.05, 0.1) is 12.0 Å². The van der Waals surface area contributed by atoms with Crippen LogP contribution < -0.4 is 4.74 Å². The minimum Gasteiger partial charge on any atom is -0.486 e. The molecule has 2 aliphatic rings. The molecule has 0 unspecified atom stereocenters. The molecule has 0 atom stereocenters. The number of ketones is 1. The van der Waals surface area contributed by atoms with E-state index in [1.165, 1.54) is 15.0 Å². The van der Waals surface area contributed by atoms with Gasteiger partial charge in [-0.15, -0.1) is 16.4 Å². The average molecular weight is 522 g/mol. The Balaban J connectivity index is 1.03. The number of carbonyl (C=O) groups excluding carboxylic acids is 2. The molecule has 38 heavy (non-hydrogen) atoms. The zero-order chi connectivity index (χ0) is 25.7. The van der Waals surface area contributed by atoms with E-state index in [0.29, 0.717) is 55.1 Å². The third kappa shape index (κ3) is 3.95. The number of carbonyl (C=O) groups is 2. The van der Waals surface area contributed by atoms with Crippen LogP contribution in [-0.4, -0.2) is 55.9 Å². The number of rotatable bonds is 3. The number of tetrazole rings is 1. The summed E-state index contributed by atoms with van der Waals surface area (Å²) in [5.74, 6) is 1.13. The van der Waals surface area contributed by atoms with Gasteiger partial charge in [-0.2, -0.15) is 0 Å². The zero-order valence-corrected chi connectivity index (χ0v) is 21.2. The highest BCUT2D eigenvalue weighted by molar-refractivity contribution is 7.22. The summed E-state index contributed by atoms with van der Waals surface area (Å²) >= 11 is 1.75. The standard InChI is InChI=1S/C29H23N5O3S/c35-23-17-29(37-24-10-9-21(15-22(23)24)27-30-32-33-31-27)11-13-34(14-12-29)28(36)19-7-5-18(6-8-19)26-16-20-3-1-2-4-25(20)38-26/h1-10,15-16H,11-14,17H2,(H,30,31,32,33). The lowest BCUT2D eigenvalue weighted by molar-refractivity contribution is -0.00569. The monoisotopic (exact) mass is 521 g/mol. The Hall–Kier alpha value is -4.37. The summed E-state index contributed by atoms with van der Waals surface area (Å²) < 4.78 is 7.66. The van der Waals surface area contributed by atoms with Crippen molar-refractivity contribution in [3.8, 4) is 27.6 Å². The molecule has 0 bridgehead atoms. The van der Waals surface area contributed by atoms with Crippen LogP contribution in [-0.2, 0) is 0 Å². The van der Waals surface area contributed by atoms with E-state index in [1.54, 1.807) is 17.4 Å². The molecule has 8 nitrogen and oxygen atoms in total. The maximum absolute atomic E-state index is 13.3. The first-order chi connectivity index (χ1) is 18.6. The molecule has 2 aliphatic heterocycles. The van der Waals surface area contributed by atoms with Gasteiger partial charge in [-0.05, 0) is 63.8 Å². The Kier molecular flexibility index (Phi) is 5.33. The summed E-state index contributed by atoms with van der Waals surface area (Å²) in [6.45, 7) is 1.09. The van der Waals surface area contributed by atoms with E-state index in [9.17, 15) is 9.59 Å². The lowest BCUT2D eigenvalue weighted by Gasteiger charge is -2.44. The number of nitrogens with zero attached hydrogens (tertiary/aromatic N) is 4. The maximum atomic E-state index is 13.3. The Morgan fingerprint density at radius 1 is 0.974 bits per heavy atom. The van der Waals surface area contributed by atoms with Gasteiger partial charge < -0.3 is 9.64 Å². The number of ether oxygens (including phenoxy) is 1. The van der Waals surface area contributed by atoms with Crippen LogP contribution in [0.4, 0.5) is 0 Å². The number of thiophene rings is 1. The van der Waals surface area contributed by atoms with Gasteiger partial charge in [-0.25, -0.2) is 5.10 Å². The minimum atomic E-state index is -0.582. The highest BCUT2D eigenvalue weighted by atomic mass is 32.1. The Morgan fingerprint density at radius 3 is 2.53 bits per heavy atom. The number of nitrogens with one attached hydrogen (secondary N) is 1. The smallest absolute Gasteiger partial charge is 0.253 e. The van der Waals surface area contributed by atoms with Crippen molar-refractivity contribution in [1.82, 2.24) is 25.5 Å². The number of fused-ring (bicyclic) bond motifs is 2. The van der Waals surface area contributed by atoms with Crippen molar-refractivity contribution in [2.45, 2.75) is 24.9 Å². The van der Waals surface area contributed by atoms with Crippen molar-refractivity contribution in [2.24, 2.45) is 0 Å². The molecule has 1 spiro atoms. The van der Waals surface area contributed by atoms with Crippen LogP contribution in [0.25, 0.3) is 31.9 Å². The van der Waals surface area contributed by atoms with Crippen molar-refractivity contribution in [3.63, 3.8) is 0 Å². The third-order valence-electron chi connectivity index (χ3n) is 7.51. The molecule has 9 heteroatoms. The van der Waals surface area contributed by atoms with E-state index < -0.39 is 5.60 Å². The van der Waals surface area contributed by atoms with Gasteiger partial charge in [-0.3, -0.25) is 9.59 Å². The molecule has 0 radical (unpaired) electrons. The number of piperidine rings is 1. The third-order valence-corrected chi connectivity index (χ3v) is 8.68. The van der Waals surface area contributed by atoms with Gasteiger partial charge in [-0.1, -0.05) is 30.3 Å². The first-order valence-electron chi connectivity index (χ1n) is 12.6. The number of hydrogen-bond donors (Lipinski definition) is 1. The van der Waals surface area contributed by atoms with Crippen molar-refractivity contribution in [1.29, 1.82) is 0 Å². The first kappa shape index (κ1) is 22.8. The van der Waals surface area contributed by atoms with E-state index in [-0.39, 0.29) is 11.7 Å². The largest absolute Gasteiger partial charge is 0.486 e. The number of aromatic nitrogens is 4. The van der Waals surface area contributed by atoms with E-state index in [1.807, 2.05) is 53.4 Å². The highest BCUT2D eigenvalue weighted by Gasteiger charge is 2.43. The van der Waals surface area contributed by atoms with Crippen LogP contribution in [0.2, 0.25) is 0 Å². The summed E-state index contributed by atoms with van der Waals surface area (Å²) in [6.07, 6.45) is 1.51. The predicted octanol–water partition coefficient (Wildman–Crippen LogP) is 5.39. The van der Waals surface area contributed by atoms with Gasteiger partial charge in [0, 0.05) is 46.6 Å². The fraction of sp³-hybridized carbons (Fsp3) is 0.207. The Labute approximate surface area is 222 Å². The summed E-state index contributed by atoms with van der Waals surface area (Å²) in [5.41, 5.74) is 2.48. The van der Waals surface area contributed by atoms with E-state index in [0.717, 1.165) is 11.1 Å². The normalized spacial score (nSPS) is 16.4. The fourth-order valence-corrected chi connectivity index (χ4v) is 6.47. The molecule has 0 aliphatic carbocycles. The lowest BCUT2D eigenvalue weighted by atomic mass is 9.82. The summed E-state index contributed by atoms with van der Waals surface area (Å²) in [5, 5.41) is 15.1. The topological polar surface area (TPSA) is 101 Å². The summed E-state index contributed by atoms with van der Waals surface area (Å²) in [7, 11) is 0. The van der Waals surface area contributed by atoms with Gasteiger partial charge in [0.1, 0.15) is 11.4 Å². The van der Waals surface area contributed by atoms with Crippen LogP contribution in [0.5, 0.6) is 5.75 Å². The van der Waals surface area contributed by atoms with Crippen LogP contribution >= 0.6 is 11.3 Å². The fourth-order valence-electron chi connectivity index (χ4n) is 5.40. The van der Waals surface area contributed by atoms with E-state index in [4.69, 9.17) is 4.74 Å². The minimum absolute atomic E-state index is 0.00980. The number of benzene rings is 3. The molecule has 188 valence electrons. The molecule has 0 saturated carbocycles. The number of H-pyrrole nitrogens is 1. The Bertz CT molecular complexity index is 1640. The number of aromatic amines is 1. The van der Waals surface area contributed by atoms with Crippen LogP contribution in [0.1, 0.15) is 40.0 Å². The van der Waals surface area contributed by atoms with Crippen molar-refractivity contribution >= 4 is 33.1 Å². The molecule has 5 aromatic rings. The number of Topliss-reactive ketones (excluding diaryl/α,β-unsaturated/α-hetero) is 1. The molecule has 3 aromatic carbocycles. The summed E-state index contributed by atoms with van der Waals surface area (Å²) in [4.78, 5) is 29.4. The molecule has 1 N–H and O–H groups in total. The molecule has 1 amide bonds. The first-order valence-corrected chi connectivity index (χ1v) is 13.4. The number of hydrogen-bond acceptors (Lipinski definition) is 7. The molecule has 2 aromatic heterocycles. The Morgan fingerprint density at radius 2 is 1.76 bits per heavy atom. The molecular formula is C29H23N5O3S. The molecular weight excluding hydrogens is 498 g/mol. The van der Waals surface area contributed by atoms with E-state index >= 15 is 0 Å². The number of likely N-dealkylation sites (tertiary alicyclic amines) is 1. The molecule has 1 saturated heterocycles. The van der Waals surface area contributed by atoms with Crippen LogP contribution in [0, 0.1) is 0 Å². The summed E-state index contributed by atoms with van der Waals surface area (Å²) in [6, 6.07) is 23.8. The average Bonchev–Trinajstić information content (AvgIpc) is 3.64. The highest BCUT2D eigenvalue weighted by Crippen LogP contribution is 2.41. The van der Waals surface area contributed by atoms with Crippen molar-refractivity contribution < 1.29 is 14.3 Å². The van der Waals surface area contributed by atoms with Crippen molar-refractivity contribution in [2.75, 3.05) is 13.1 Å². The van der Waals surface area contributed by atoms with Crippen molar-refractivity contribution in [3.05, 3.63) is 83.9 Å². The predicted molar refractivity (Wildman–Crippen MR) is 144 cm³/mol. The number of amides is 1. The van der Waals surface area contributed by atoms with Gasteiger partial charge in [0.2, 0.25) is 0 Å². The maximum Gasteiger partial charge on any atom is 0.253 e. The second-order valence-electron chi connectivity index (χ2n) is 9.86. The molecule has 7 rings (SSSR count). The second kappa shape index (κ2) is 8.88. The zero-order valence-electron chi connectivity index (χ0n) is 20.4. The van der Waals surface area contributed by atoms with Gasteiger partial charge >= 0.3 is 0 Å². The SMILES string of the molecule is O=C1CC2(CCN(C(=O)c3ccc(-c4cc5ccccc5s4)cc3)CC2)Oc2ccc(-c3nnn[nH]3)cc21. The quantitative estimate of drug-likeness (QED) is 0.342. The van der Waals surface area contributed by atoms with Crippen LogP contribution in [0.15, 0.2) is 72.8 Å². The van der Waals surface area contributed by atoms with E-state index in [2.05, 4.69) is 38.8 Å². The lowest BCUT2D eigenvalue weighted by Crippen LogP contribution is -2.52. The van der Waals surface area contributed by atoms with Gasteiger partial charge in [0.15, 0.2) is 11.6 Å².